The van der Waals surface area contributed by atoms with Crippen molar-refractivity contribution in [2.45, 2.75) is 31.7 Å². The molecule has 1 atom stereocenters. The summed E-state index contributed by atoms with van der Waals surface area (Å²) in [5, 5.41) is 3.48. The molecule has 3 rings (SSSR count). The number of hydrogen-bond acceptors (Lipinski definition) is 4. The SMILES string of the molecule is O=C(CN(CC1CCCNC1)C1CC1)N1CCOCC1. The van der Waals surface area contributed by atoms with Crippen molar-refractivity contribution >= 4 is 5.91 Å². The Morgan fingerprint density at radius 3 is 2.70 bits per heavy atom. The zero-order valence-electron chi connectivity index (χ0n) is 12.4. The minimum Gasteiger partial charge on any atom is -0.378 e. The summed E-state index contributed by atoms with van der Waals surface area (Å²) in [7, 11) is 0. The first-order valence-electron chi connectivity index (χ1n) is 8.13. The fourth-order valence-corrected chi connectivity index (χ4v) is 3.28. The number of carbonyl (C=O) groups excluding carboxylic acids is 1. The average Bonchev–Trinajstić information content (AvgIpc) is 3.33. The number of amides is 1. The average molecular weight is 281 g/mol. The van der Waals surface area contributed by atoms with Gasteiger partial charge < -0.3 is 15.0 Å². The van der Waals surface area contributed by atoms with Crippen molar-refractivity contribution in [3.8, 4) is 0 Å². The molecule has 2 heterocycles. The first-order valence-corrected chi connectivity index (χ1v) is 8.13. The zero-order valence-corrected chi connectivity index (χ0v) is 12.4. The minimum atomic E-state index is 0.295. The van der Waals surface area contributed by atoms with E-state index in [1.165, 1.54) is 25.7 Å². The highest BCUT2D eigenvalue weighted by Gasteiger charge is 2.33. The van der Waals surface area contributed by atoms with Gasteiger partial charge in [0, 0.05) is 25.7 Å². The molecule has 0 radical (unpaired) electrons. The van der Waals surface area contributed by atoms with E-state index < -0.39 is 0 Å². The Balaban J connectivity index is 1.49. The molecule has 5 heteroatoms. The number of piperidine rings is 1. The molecule has 0 aromatic heterocycles. The number of morpholine rings is 1. The second-order valence-electron chi connectivity index (χ2n) is 6.37. The van der Waals surface area contributed by atoms with Crippen LogP contribution in [-0.4, -0.2) is 74.2 Å². The highest BCUT2D eigenvalue weighted by atomic mass is 16.5. The Hall–Kier alpha value is -0.650. The largest absolute Gasteiger partial charge is 0.378 e. The van der Waals surface area contributed by atoms with Gasteiger partial charge in [-0.05, 0) is 44.7 Å². The molecule has 1 saturated carbocycles. The molecule has 1 aliphatic carbocycles. The highest BCUT2D eigenvalue weighted by molar-refractivity contribution is 5.78. The lowest BCUT2D eigenvalue weighted by Crippen LogP contribution is -2.48. The molecule has 0 aromatic carbocycles. The fourth-order valence-electron chi connectivity index (χ4n) is 3.28. The zero-order chi connectivity index (χ0) is 13.8. The molecule has 2 saturated heterocycles. The van der Waals surface area contributed by atoms with Crippen LogP contribution in [0.4, 0.5) is 0 Å². The van der Waals surface area contributed by atoms with Crippen molar-refractivity contribution in [2.24, 2.45) is 5.92 Å². The number of nitrogens with zero attached hydrogens (tertiary/aromatic N) is 2. The topological polar surface area (TPSA) is 44.8 Å². The third kappa shape index (κ3) is 3.93. The third-order valence-corrected chi connectivity index (χ3v) is 4.66. The van der Waals surface area contributed by atoms with Crippen LogP contribution in [0.25, 0.3) is 0 Å². The van der Waals surface area contributed by atoms with E-state index in [0.717, 1.165) is 38.6 Å². The van der Waals surface area contributed by atoms with E-state index >= 15 is 0 Å². The maximum atomic E-state index is 12.4. The lowest BCUT2D eigenvalue weighted by Gasteiger charge is -2.33. The van der Waals surface area contributed by atoms with Crippen LogP contribution in [-0.2, 0) is 9.53 Å². The van der Waals surface area contributed by atoms with Crippen molar-refractivity contribution in [2.75, 3.05) is 52.5 Å². The Labute approximate surface area is 121 Å². The number of hydrogen-bond donors (Lipinski definition) is 1. The van der Waals surface area contributed by atoms with Gasteiger partial charge in [-0.1, -0.05) is 0 Å². The monoisotopic (exact) mass is 281 g/mol. The fraction of sp³-hybridized carbons (Fsp3) is 0.933. The number of carbonyl (C=O) groups is 1. The van der Waals surface area contributed by atoms with Gasteiger partial charge in [-0.25, -0.2) is 0 Å². The summed E-state index contributed by atoms with van der Waals surface area (Å²) < 4.78 is 5.32. The summed E-state index contributed by atoms with van der Waals surface area (Å²) in [5.74, 6) is 1.02. The van der Waals surface area contributed by atoms with E-state index in [0.29, 0.717) is 31.7 Å². The molecule has 2 aliphatic heterocycles. The molecule has 5 nitrogen and oxygen atoms in total. The predicted molar refractivity (Wildman–Crippen MR) is 77.6 cm³/mol. The molecular weight excluding hydrogens is 254 g/mol. The van der Waals surface area contributed by atoms with Crippen LogP contribution >= 0.6 is 0 Å². The summed E-state index contributed by atoms with van der Waals surface area (Å²) in [4.78, 5) is 16.8. The van der Waals surface area contributed by atoms with Gasteiger partial charge in [-0.15, -0.1) is 0 Å². The van der Waals surface area contributed by atoms with Crippen LogP contribution in [0.3, 0.4) is 0 Å². The van der Waals surface area contributed by atoms with Crippen molar-refractivity contribution in [3.05, 3.63) is 0 Å². The molecule has 114 valence electrons. The Morgan fingerprint density at radius 2 is 2.05 bits per heavy atom. The quantitative estimate of drug-likeness (QED) is 0.788. The molecule has 0 spiro atoms. The standard InChI is InChI=1S/C15H27N3O2/c19-15(17-6-8-20-9-7-17)12-18(14-3-4-14)11-13-2-1-5-16-10-13/h13-14,16H,1-12H2. The van der Waals surface area contributed by atoms with E-state index in [4.69, 9.17) is 4.74 Å². The second kappa shape index (κ2) is 6.87. The molecule has 0 bridgehead atoms. The van der Waals surface area contributed by atoms with Crippen LogP contribution in [0.15, 0.2) is 0 Å². The molecule has 1 amide bonds. The molecule has 3 fully saturated rings. The third-order valence-electron chi connectivity index (χ3n) is 4.66. The van der Waals surface area contributed by atoms with Crippen molar-refractivity contribution in [1.29, 1.82) is 0 Å². The summed E-state index contributed by atoms with van der Waals surface area (Å²) in [5.41, 5.74) is 0. The molecular formula is C15H27N3O2. The van der Waals surface area contributed by atoms with Crippen molar-refractivity contribution < 1.29 is 9.53 Å². The molecule has 3 aliphatic rings. The van der Waals surface area contributed by atoms with E-state index in [2.05, 4.69) is 10.2 Å². The van der Waals surface area contributed by atoms with Gasteiger partial charge in [0.2, 0.25) is 5.91 Å². The van der Waals surface area contributed by atoms with Crippen LogP contribution in [0.2, 0.25) is 0 Å². The van der Waals surface area contributed by atoms with Gasteiger partial charge in [0.1, 0.15) is 0 Å². The predicted octanol–water partition coefficient (Wildman–Crippen LogP) is 0.309. The van der Waals surface area contributed by atoms with Crippen molar-refractivity contribution in [3.63, 3.8) is 0 Å². The lowest BCUT2D eigenvalue weighted by atomic mass is 9.99. The normalized spacial score (nSPS) is 27.9. The number of ether oxygens (including phenoxy) is 1. The van der Waals surface area contributed by atoms with Gasteiger partial charge in [-0.2, -0.15) is 0 Å². The second-order valence-corrected chi connectivity index (χ2v) is 6.37. The molecule has 1 unspecified atom stereocenters. The number of rotatable bonds is 5. The summed E-state index contributed by atoms with van der Waals surface area (Å²) in [6, 6.07) is 0.668. The smallest absolute Gasteiger partial charge is 0.236 e. The molecule has 20 heavy (non-hydrogen) atoms. The van der Waals surface area contributed by atoms with Gasteiger partial charge in [0.25, 0.3) is 0 Å². The summed E-state index contributed by atoms with van der Waals surface area (Å²) >= 11 is 0. The summed E-state index contributed by atoms with van der Waals surface area (Å²) in [6.45, 7) is 6.91. The van der Waals surface area contributed by atoms with E-state index in [1.807, 2.05) is 4.90 Å². The maximum Gasteiger partial charge on any atom is 0.236 e. The molecule has 1 N–H and O–H groups in total. The Kier molecular flexibility index (Phi) is 4.91. The maximum absolute atomic E-state index is 12.4. The van der Waals surface area contributed by atoms with Crippen LogP contribution in [0.1, 0.15) is 25.7 Å². The first kappa shape index (κ1) is 14.3. The first-order chi connectivity index (χ1) is 9.83. The van der Waals surface area contributed by atoms with E-state index in [1.54, 1.807) is 0 Å². The van der Waals surface area contributed by atoms with Crippen LogP contribution in [0.5, 0.6) is 0 Å². The summed E-state index contributed by atoms with van der Waals surface area (Å²) in [6.07, 6.45) is 5.13. The Bertz CT molecular complexity index is 321. The van der Waals surface area contributed by atoms with Gasteiger partial charge in [-0.3, -0.25) is 9.69 Å². The van der Waals surface area contributed by atoms with Crippen LogP contribution < -0.4 is 5.32 Å². The van der Waals surface area contributed by atoms with Gasteiger partial charge >= 0.3 is 0 Å². The number of nitrogens with one attached hydrogen (secondary N) is 1. The van der Waals surface area contributed by atoms with E-state index in [-0.39, 0.29) is 0 Å². The molecule has 0 aromatic rings. The highest BCUT2D eigenvalue weighted by Crippen LogP contribution is 2.28. The Morgan fingerprint density at radius 1 is 1.25 bits per heavy atom. The van der Waals surface area contributed by atoms with Gasteiger partial charge in [0.15, 0.2) is 0 Å². The lowest BCUT2D eigenvalue weighted by molar-refractivity contribution is -0.136. The van der Waals surface area contributed by atoms with Crippen molar-refractivity contribution in [1.82, 2.24) is 15.1 Å². The van der Waals surface area contributed by atoms with Crippen LogP contribution in [0, 0.1) is 5.92 Å². The minimum absolute atomic E-state index is 0.295. The van der Waals surface area contributed by atoms with Gasteiger partial charge in [0.05, 0.1) is 19.8 Å². The van der Waals surface area contributed by atoms with E-state index in [9.17, 15) is 4.79 Å².